The Labute approximate surface area is 286 Å². The number of fused-ring (bicyclic) bond motifs is 11. The van der Waals surface area contributed by atoms with Gasteiger partial charge in [-0.2, -0.15) is 0 Å². The van der Waals surface area contributed by atoms with Crippen LogP contribution in [-0.2, 0) is 9.98 Å². The van der Waals surface area contributed by atoms with Crippen molar-refractivity contribution in [1.82, 2.24) is 0 Å². The Morgan fingerprint density at radius 2 is 0.776 bits per heavy atom. The van der Waals surface area contributed by atoms with E-state index in [4.69, 9.17) is 0 Å². The van der Waals surface area contributed by atoms with Gasteiger partial charge in [0.15, 0.2) is 7.14 Å². The second kappa shape index (κ2) is 10.6. The third-order valence-corrected chi connectivity index (χ3v) is 13.8. The van der Waals surface area contributed by atoms with Gasteiger partial charge in [-0.25, -0.2) is 0 Å². The molecule has 10 rings (SSSR count). The van der Waals surface area contributed by atoms with Crippen LogP contribution >= 0.6 is 7.14 Å². The highest BCUT2D eigenvalue weighted by Crippen LogP contribution is 2.63. The molecule has 8 aromatic rings. The predicted molar refractivity (Wildman–Crippen MR) is 205 cm³/mol. The van der Waals surface area contributed by atoms with E-state index in [9.17, 15) is 0 Å². The van der Waals surface area contributed by atoms with Crippen LogP contribution in [0.2, 0.25) is 0 Å². The van der Waals surface area contributed by atoms with E-state index in [0.717, 1.165) is 27.0 Å². The van der Waals surface area contributed by atoms with Gasteiger partial charge in [0, 0.05) is 15.9 Å². The van der Waals surface area contributed by atoms with E-state index in [-0.39, 0.29) is 0 Å². The van der Waals surface area contributed by atoms with Crippen LogP contribution < -0.4 is 15.9 Å². The average molecular weight is 643 g/mol. The first-order valence-corrected chi connectivity index (χ1v) is 18.6. The Kier molecular flexibility index (Phi) is 6.13. The summed E-state index contributed by atoms with van der Waals surface area (Å²) in [6, 6.07) is 66.7. The first-order chi connectivity index (χ1) is 24.2. The van der Waals surface area contributed by atoms with Crippen molar-refractivity contribution in [3.05, 3.63) is 210 Å². The minimum Gasteiger partial charge on any atom is -0.309 e. The molecule has 0 saturated heterocycles. The zero-order valence-electron chi connectivity index (χ0n) is 26.8. The molecule has 0 heterocycles. The van der Waals surface area contributed by atoms with Crippen molar-refractivity contribution in [3.8, 4) is 33.4 Å². The van der Waals surface area contributed by atoms with Crippen molar-refractivity contribution in [2.45, 2.75) is 5.41 Å². The minimum atomic E-state index is -3.06. The fourth-order valence-corrected chi connectivity index (χ4v) is 11.2. The zero-order chi connectivity index (χ0) is 32.6. The van der Waals surface area contributed by atoms with Crippen LogP contribution in [0.5, 0.6) is 0 Å². The largest absolute Gasteiger partial charge is 0.309 e. The highest BCUT2D eigenvalue weighted by Gasteiger charge is 2.51. The molecule has 0 bridgehead atoms. The molecule has 8 aromatic carbocycles. The molecule has 0 aromatic heterocycles. The van der Waals surface area contributed by atoms with E-state index in [1.54, 1.807) is 0 Å². The molecule has 0 amide bonds. The van der Waals surface area contributed by atoms with Gasteiger partial charge in [0.25, 0.3) is 0 Å². The molecular weight excluding hydrogens is 611 g/mol. The molecule has 2 aliphatic rings. The molecule has 1 spiro atoms. The van der Waals surface area contributed by atoms with E-state index >= 15 is 4.57 Å². The predicted octanol–water partition coefficient (Wildman–Crippen LogP) is 10.5. The lowest BCUT2D eigenvalue weighted by atomic mass is 9.70. The molecule has 0 fully saturated rings. The van der Waals surface area contributed by atoms with Crippen molar-refractivity contribution in [3.63, 3.8) is 0 Å². The third-order valence-electron chi connectivity index (χ3n) is 10.8. The molecule has 0 unspecified atom stereocenters. The van der Waals surface area contributed by atoms with Crippen LogP contribution in [0.1, 0.15) is 22.3 Å². The fraction of sp³-hybridized carbons (Fsp3) is 0.0213. The summed E-state index contributed by atoms with van der Waals surface area (Å²) in [5.74, 6) is 0. The van der Waals surface area contributed by atoms with Crippen molar-refractivity contribution < 1.29 is 4.57 Å². The van der Waals surface area contributed by atoms with E-state index in [0.29, 0.717) is 0 Å². The second-order valence-electron chi connectivity index (χ2n) is 13.2. The average Bonchev–Trinajstić information content (AvgIpc) is 3.64. The van der Waals surface area contributed by atoms with E-state index in [1.807, 2.05) is 60.7 Å². The number of hydrogen-bond acceptors (Lipinski definition) is 1. The van der Waals surface area contributed by atoms with Crippen LogP contribution in [0, 0.1) is 0 Å². The second-order valence-corrected chi connectivity index (χ2v) is 15.9. The maximum absolute atomic E-state index is 15.0. The van der Waals surface area contributed by atoms with Crippen molar-refractivity contribution in [2.24, 2.45) is 0 Å². The van der Waals surface area contributed by atoms with E-state index in [1.165, 1.54) is 55.3 Å². The lowest BCUT2D eigenvalue weighted by Gasteiger charge is -2.31. The maximum atomic E-state index is 15.0. The summed E-state index contributed by atoms with van der Waals surface area (Å²) < 4.78 is 15.0. The Hall–Kier alpha value is -5.75. The molecule has 2 aliphatic carbocycles. The summed E-state index contributed by atoms with van der Waals surface area (Å²) in [5, 5.41) is 5.04. The Balaban J connectivity index is 1.18. The van der Waals surface area contributed by atoms with Crippen LogP contribution in [0.15, 0.2) is 188 Å². The van der Waals surface area contributed by atoms with Gasteiger partial charge in [0.2, 0.25) is 0 Å². The van der Waals surface area contributed by atoms with Gasteiger partial charge >= 0.3 is 0 Å². The monoisotopic (exact) mass is 642 g/mol. The number of benzene rings is 8. The van der Waals surface area contributed by atoms with Crippen molar-refractivity contribution >= 4 is 33.8 Å². The normalized spacial score (nSPS) is 13.6. The van der Waals surface area contributed by atoms with Gasteiger partial charge in [-0.3, -0.25) is 0 Å². The van der Waals surface area contributed by atoms with Gasteiger partial charge in [-0.05, 0) is 84.6 Å². The van der Waals surface area contributed by atoms with Gasteiger partial charge in [-0.15, -0.1) is 0 Å². The molecule has 0 N–H and O–H groups in total. The van der Waals surface area contributed by atoms with Gasteiger partial charge < -0.3 is 4.57 Å². The zero-order valence-corrected chi connectivity index (χ0v) is 27.6. The van der Waals surface area contributed by atoms with Crippen LogP contribution in [0.4, 0.5) is 0 Å². The van der Waals surface area contributed by atoms with Crippen molar-refractivity contribution in [1.29, 1.82) is 0 Å². The minimum absolute atomic E-state index is 0.422. The lowest BCUT2D eigenvalue weighted by Crippen LogP contribution is -2.26. The van der Waals surface area contributed by atoms with Gasteiger partial charge in [0.05, 0.1) is 5.41 Å². The molecule has 2 heteroatoms. The first kappa shape index (κ1) is 28.3. The molecular formula is C47H31OP. The summed E-state index contributed by atoms with van der Waals surface area (Å²) in [6.45, 7) is 0. The standard InChI is InChI=1S/C47H31OP/c48-49(36-15-3-1-4-16-36,37-17-5-2-6-18-37)38-26-23-32(24-27-38)35-25-28-41-42-29-33-13-7-8-14-34(33)30-46(42)47(45(41)31-35)43-21-11-9-19-39(43)40-20-10-12-22-44(40)47/h1-31H. The van der Waals surface area contributed by atoms with Crippen LogP contribution in [-0.4, -0.2) is 0 Å². The fourth-order valence-electron chi connectivity index (χ4n) is 8.59. The molecule has 1 nitrogen and oxygen atoms in total. The van der Waals surface area contributed by atoms with Crippen LogP contribution in [0.25, 0.3) is 44.2 Å². The Morgan fingerprint density at radius 3 is 1.39 bits per heavy atom. The summed E-state index contributed by atoms with van der Waals surface area (Å²) in [6.07, 6.45) is 0. The highest BCUT2D eigenvalue weighted by molar-refractivity contribution is 7.85. The first-order valence-electron chi connectivity index (χ1n) is 16.9. The molecule has 0 atom stereocenters. The van der Waals surface area contributed by atoms with Crippen LogP contribution in [0.3, 0.4) is 0 Å². The van der Waals surface area contributed by atoms with Gasteiger partial charge in [0.1, 0.15) is 0 Å². The topological polar surface area (TPSA) is 17.1 Å². The SMILES string of the molecule is O=P(c1ccccc1)(c1ccccc1)c1ccc(-c2ccc3c(c2)C2(c4ccccc4-c4ccccc42)c2cc4ccccc4cc2-3)cc1. The number of hydrogen-bond donors (Lipinski definition) is 0. The number of rotatable bonds is 4. The Morgan fingerprint density at radius 1 is 0.327 bits per heavy atom. The molecule has 0 radical (unpaired) electrons. The quantitative estimate of drug-likeness (QED) is 0.175. The Bertz CT molecular complexity index is 2530. The lowest BCUT2D eigenvalue weighted by molar-refractivity contribution is 0.592. The molecule has 0 saturated carbocycles. The molecule has 49 heavy (non-hydrogen) atoms. The van der Waals surface area contributed by atoms with Crippen molar-refractivity contribution in [2.75, 3.05) is 0 Å². The summed E-state index contributed by atoms with van der Waals surface area (Å²) in [4.78, 5) is 0. The highest BCUT2D eigenvalue weighted by atomic mass is 31.2. The van der Waals surface area contributed by atoms with E-state index in [2.05, 4.69) is 127 Å². The smallest absolute Gasteiger partial charge is 0.171 e. The third kappa shape index (κ3) is 3.91. The van der Waals surface area contributed by atoms with Gasteiger partial charge in [-0.1, -0.05) is 170 Å². The summed E-state index contributed by atoms with van der Waals surface area (Å²) in [7, 11) is -3.06. The summed E-state index contributed by atoms with van der Waals surface area (Å²) in [5.41, 5.74) is 12.4. The maximum Gasteiger partial charge on any atom is 0.171 e. The molecule has 230 valence electrons. The molecule has 0 aliphatic heterocycles. The summed E-state index contributed by atoms with van der Waals surface area (Å²) >= 11 is 0. The van der Waals surface area contributed by atoms with E-state index < -0.39 is 12.6 Å².